The molecule has 0 bridgehead atoms. The highest BCUT2D eigenvalue weighted by molar-refractivity contribution is 4.92. The molecule has 3 heteroatoms. The summed E-state index contributed by atoms with van der Waals surface area (Å²) < 4.78 is 5.63. The van der Waals surface area contributed by atoms with E-state index in [2.05, 4.69) is 31.0 Å². The van der Waals surface area contributed by atoms with Gasteiger partial charge in [0.15, 0.2) is 0 Å². The fourth-order valence-corrected chi connectivity index (χ4v) is 3.49. The minimum atomic E-state index is 0.229. The molecule has 0 amide bonds. The number of nitrogens with zero attached hydrogens (tertiary/aromatic N) is 1. The van der Waals surface area contributed by atoms with Gasteiger partial charge in [-0.05, 0) is 52.5 Å². The fourth-order valence-electron chi connectivity index (χ4n) is 3.49. The first kappa shape index (κ1) is 14.3. The van der Waals surface area contributed by atoms with E-state index in [1.165, 1.54) is 38.6 Å². The average Bonchev–Trinajstić information content (AvgIpc) is 2.37. The molecule has 1 N–H and O–H groups in total. The number of morpholine rings is 1. The second-order valence-corrected chi connectivity index (χ2v) is 6.52. The smallest absolute Gasteiger partial charge is 0.0645 e. The lowest BCUT2D eigenvalue weighted by atomic mass is 9.87. The van der Waals surface area contributed by atoms with Gasteiger partial charge in [0.05, 0.1) is 13.2 Å². The van der Waals surface area contributed by atoms with Crippen molar-refractivity contribution in [3.8, 4) is 0 Å². The Morgan fingerprint density at radius 1 is 1.22 bits per heavy atom. The first-order valence-corrected chi connectivity index (χ1v) is 7.71. The third-order valence-corrected chi connectivity index (χ3v) is 4.53. The zero-order valence-corrected chi connectivity index (χ0v) is 12.4. The van der Waals surface area contributed by atoms with E-state index < -0.39 is 0 Å². The quantitative estimate of drug-likeness (QED) is 0.834. The lowest BCUT2D eigenvalue weighted by Gasteiger charge is -2.48. The molecule has 0 aromatic heterocycles. The summed E-state index contributed by atoms with van der Waals surface area (Å²) in [6.45, 7) is 11.0. The maximum Gasteiger partial charge on any atom is 0.0645 e. The molecule has 2 fully saturated rings. The zero-order valence-electron chi connectivity index (χ0n) is 12.4. The third kappa shape index (κ3) is 3.46. The van der Waals surface area contributed by atoms with Crippen molar-refractivity contribution in [3.63, 3.8) is 0 Å². The molecule has 3 nitrogen and oxygen atoms in total. The van der Waals surface area contributed by atoms with Crippen molar-refractivity contribution in [2.45, 2.75) is 70.5 Å². The van der Waals surface area contributed by atoms with Crippen molar-refractivity contribution in [3.05, 3.63) is 0 Å². The summed E-state index contributed by atoms with van der Waals surface area (Å²) in [6, 6.07) is 1.55. The summed E-state index contributed by atoms with van der Waals surface area (Å²) in [5.74, 6) is 0. The van der Waals surface area contributed by atoms with Crippen LogP contribution in [0.5, 0.6) is 0 Å². The van der Waals surface area contributed by atoms with Crippen LogP contribution in [0.25, 0.3) is 0 Å². The van der Waals surface area contributed by atoms with Gasteiger partial charge >= 0.3 is 0 Å². The molecule has 1 heterocycles. The van der Waals surface area contributed by atoms with Crippen molar-refractivity contribution in [2.24, 2.45) is 0 Å². The van der Waals surface area contributed by atoms with E-state index in [1.54, 1.807) is 0 Å². The predicted molar refractivity (Wildman–Crippen MR) is 75.9 cm³/mol. The molecular formula is C15H30N2O. The first-order chi connectivity index (χ1) is 8.63. The Bertz CT molecular complexity index is 247. The maximum atomic E-state index is 5.63. The van der Waals surface area contributed by atoms with Gasteiger partial charge in [-0.1, -0.05) is 6.92 Å². The Morgan fingerprint density at radius 3 is 2.56 bits per heavy atom. The predicted octanol–water partition coefficient (Wildman–Crippen LogP) is 2.41. The number of rotatable bonds is 4. The van der Waals surface area contributed by atoms with Crippen LogP contribution in [-0.4, -0.2) is 48.8 Å². The lowest BCUT2D eigenvalue weighted by Crippen LogP contribution is -2.58. The van der Waals surface area contributed by atoms with Gasteiger partial charge in [0.1, 0.15) is 0 Å². The highest BCUT2D eigenvalue weighted by Crippen LogP contribution is 2.30. The largest absolute Gasteiger partial charge is 0.378 e. The summed E-state index contributed by atoms with van der Waals surface area (Å²) in [7, 11) is 0. The van der Waals surface area contributed by atoms with E-state index in [4.69, 9.17) is 4.74 Å². The van der Waals surface area contributed by atoms with Crippen LogP contribution in [0, 0.1) is 0 Å². The zero-order chi connectivity index (χ0) is 13.0. The molecule has 0 radical (unpaired) electrons. The highest BCUT2D eigenvalue weighted by Gasteiger charge is 2.36. The normalized spacial score (nSPS) is 33.5. The van der Waals surface area contributed by atoms with Gasteiger partial charge in [-0.2, -0.15) is 0 Å². The maximum absolute atomic E-state index is 5.63. The fraction of sp³-hybridized carbons (Fsp3) is 1.00. The van der Waals surface area contributed by atoms with Gasteiger partial charge in [0.2, 0.25) is 0 Å². The second kappa shape index (κ2) is 6.36. The van der Waals surface area contributed by atoms with Crippen LogP contribution in [0.2, 0.25) is 0 Å². The lowest BCUT2D eigenvalue weighted by molar-refractivity contribution is -0.0790. The third-order valence-electron chi connectivity index (χ3n) is 4.53. The van der Waals surface area contributed by atoms with Crippen molar-refractivity contribution in [1.29, 1.82) is 0 Å². The SMILES string of the molecule is CCCNC1CCC(N2CCOCC2(C)C)CC1. The van der Waals surface area contributed by atoms with Gasteiger partial charge in [-0.3, -0.25) is 4.90 Å². The minimum Gasteiger partial charge on any atom is -0.378 e. The molecule has 1 saturated heterocycles. The van der Waals surface area contributed by atoms with Crippen molar-refractivity contribution >= 4 is 0 Å². The first-order valence-electron chi connectivity index (χ1n) is 7.71. The molecular weight excluding hydrogens is 224 g/mol. The summed E-state index contributed by atoms with van der Waals surface area (Å²) in [4.78, 5) is 2.70. The van der Waals surface area contributed by atoms with E-state index >= 15 is 0 Å². The van der Waals surface area contributed by atoms with Crippen LogP contribution in [-0.2, 0) is 4.74 Å². The van der Waals surface area contributed by atoms with Crippen molar-refractivity contribution in [2.75, 3.05) is 26.3 Å². The van der Waals surface area contributed by atoms with Crippen LogP contribution in [0.4, 0.5) is 0 Å². The number of nitrogens with one attached hydrogen (secondary N) is 1. The average molecular weight is 254 g/mol. The summed E-state index contributed by atoms with van der Waals surface area (Å²) in [6.07, 6.45) is 6.64. The van der Waals surface area contributed by atoms with Crippen molar-refractivity contribution in [1.82, 2.24) is 10.2 Å². The molecule has 1 aliphatic heterocycles. The van der Waals surface area contributed by atoms with E-state index in [0.717, 1.165) is 31.8 Å². The van der Waals surface area contributed by atoms with Crippen LogP contribution >= 0.6 is 0 Å². The molecule has 1 aliphatic carbocycles. The Labute approximate surface area is 112 Å². The summed E-state index contributed by atoms with van der Waals surface area (Å²) in [5.41, 5.74) is 0.229. The molecule has 2 rings (SSSR count). The number of ether oxygens (including phenoxy) is 1. The minimum absolute atomic E-state index is 0.229. The van der Waals surface area contributed by atoms with Crippen LogP contribution in [0.3, 0.4) is 0 Å². The number of hydrogen-bond donors (Lipinski definition) is 1. The van der Waals surface area contributed by atoms with Crippen molar-refractivity contribution < 1.29 is 4.74 Å². The molecule has 0 atom stereocenters. The Hall–Kier alpha value is -0.120. The van der Waals surface area contributed by atoms with Gasteiger partial charge in [0.25, 0.3) is 0 Å². The second-order valence-electron chi connectivity index (χ2n) is 6.52. The van der Waals surface area contributed by atoms with E-state index in [9.17, 15) is 0 Å². The summed E-state index contributed by atoms with van der Waals surface area (Å²) >= 11 is 0. The highest BCUT2D eigenvalue weighted by atomic mass is 16.5. The summed E-state index contributed by atoms with van der Waals surface area (Å²) in [5, 5.41) is 3.67. The molecule has 2 aliphatic rings. The van der Waals surface area contributed by atoms with E-state index in [0.29, 0.717) is 0 Å². The van der Waals surface area contributed by atoms with Gasteiger partial charge in [-0.15, -0.1) is 0 Å². The van der Waals surface area contributed by atoms with Gasteiger partial charge in [0, 0.05) is 24.2 Å². The Balaban J connectivity index is 1.81. The van der Waals surface area contributed by atoms with Gasteiger partial charge < -0.3 is 10.1 Å². The molecule has 0 aromatic rings. The molecule has 0 aromatic carbocycles. The molecule has 0 spiro atoms. The van der Waals surface area contributed by atoms with E-state index in [-0.39, 0.29) is 5.54 Å². The van der Waals surface area contributed by atoms with E-state index in [1.807, 2.05) is 0 Å². The molecule has 1 saturated carbocycles. The Morgan fingerprint density at radius 2 is 1.94 bits per heavy atom. The van der Waals surface area contributed by atoms with Crippen LogP contribution in [0.15, 0.2) is 0 Å². The molecule has 18 heavy (non-hydrogen) atoms. The number of hydrogen-bond acceptors (Lipinski definition) is 3. The topological polar surface area (TPSA) is 24.5 Å². The Kier molecular flexibility index (Phi) is 5.05. The van der Waals surface area contributed by atoms with Gasteiger partial charge in [-0.25, -0.2) is 0 Å². The standard InChI is InChI=1S/C15H30N2O/c1-4-9-16-13-5-7-14(8-6-13)17-10-11-18-12-15(17,2)3/h13-14,16H,4-12H2,1-3H3. The monoisotopic (exact) mass is 254 g/mol. The molecule has 0 unspecified atom stereocenters. The van der Waals surface area contributed by atoms with Crippen LogP contribution in [0.1, 0.15) is 52.9 Å². The van der Waals surface area contributed by atoms with Crippen LogP contribution < -0.4 is 5.32 Å². The molecule has 106 valence electrons.